The van der Waals surface area contributed by atoms with Crippen LogP contribution in [0.3, 0.4) is 0 Å². The van der Waals surface area contributed by atoms with Crippen LogP contribution in [0.15, 0.2) is 29.4 Å². The Hall–Kier alpha value is -1.51. The quantitative estimate of drug-likeness (QED) is 0.445. The monoisotopic (exact) mass is 244 g/mol. The Morgan fingerprint density at radius 1 is 1.44 bits per heavy atom. The number of hydrogen-bond acceptors (Lipinski definition) is 2. The molecule has 1 aliphatic heterocycles. The largest absolute Gasteiger partial charge is 0.299 e. The summed E-state index contributed by atoms with van der Waals surface area (Å²) in [5.74, 6) is 0. The number of likely N-dealkylation sites (tertiary alicyclic amines) is 1. The minimum absolute atomic E-state index is 0.417. The van der Waals surface area contributed by atoms with Gasteiger partial charge in [-0.3, -0.25) is 4.90 Å². The highest BCUT2D eigenvalue weighted by Gasteiger charge is 2.25. The molecule has 0 saturated carbocycles. The number of benzene rings is 1. The predicted octanol–water partition coefficient (Wildman–Crippen LogP) is 4.25. The topological polar surface area (TPSA) is 52.0 Å². The van der Waals surface area contributed by atoms with Crippen LogP contribution in [0, 0.1) is 5.41 Å². The van der Waals surface area contributed by atoms with Crippen LogP contribution in [0.25, 0.3) is 10.4 Å². The highest BCUT2D eigenvalue weighted by Crippen LogP contribution is 2.29. The van der Waals surface area contributed by atoms with Crippen molar-refractivity contribution in [1.82, 2.24) is 4.90 Å². The molecule has 18 heavy (non-hydrogen) atoms. The first-order chi connectivity index (χ1) is 8.59. The number of rotatable bonds is 3. The Morgan fingerprint density at radius 2 is 2.28 bits per heavy atom. The van der Waals surface area contributed by atoms with Crippen LogP contribution in [-0.4, -0.2) is 18.0 Å². The zero-order valence-corrected chi connectivity index (χ0v) is 11.1. The molecule has 1 saturated heterocycles. The van der Waals surface area contributed by atoms with Crippen molar-refractivity contribution in [3.8, 4) is 0 Å². The molecule has 1 aromatic carbocycles. The zero-order chi connectivity index (χ0) is 13.0. The molecular weight excluding hydrogens is 224 g/mol. The van der Waals surface area contributed by atoms with Crippen molar-refractivity contribution < 1.29 is 0 Å². The van der Waals surface area contributed by atoms with E-state index in [2.05, 4.69) is 34.8 Å². The van der Waals surface area contributed by atoms with Gasteiger partial charge in [0.1, 0.15) is 0 Å². The van der Waals surface area contributed by atoms with Crippen molar-refractivity contribution >= 4 is 5.69 Å². The summed E-state index contributed by atoms with van der Waals surface area (Å²) in [6, 6.07) is 7.86. The van der Waals surface area contributed by atoms with Crippen LogP contribution in [0.1, 0.15) is 32.3 Å². The van der Waals surface area contributed by atoms with E-state index in [9.17, 15) is 0 Å². The van der Waals surface area contributed by atoms with Gasteiger partial charge in [-0.1, -0.05) is 37.2 Å². The maximum Gasteiger partial charge on any atom is 0.0378 e. The number of nitrogens with zero attached hydrogens (tertiary/aromatic N) is 4. The molecule has 1 aliphatic rings. The Balaban J connectivity index is 2.04. The van der Waals surface area contributed by atoms with Gasteiger partial charge in [-0.05, 0) is 42.0 Å². The van der Waals surface area contributed by atoms with Crippen LogP contribution in [0.4, 0.5) is 5.69 Å². The van der Waals surface area contributed by atoms with E-state index in [1.807, 2.05) is 18.2 Å². The van der Waals surface area contributed by atoms with E-state index in [0.29, 0.717) is 11.1 Å². The number of piperidine rings is 1. The standard InChI is InChI=1S/C14H20N4/c1-14(2)7-4-8-18(11-14)10-12-5-3-6-13(9-12)16-17-15/h3,5-6,9H,4,7-8,10-11H2,1-2H3. The average Bonchev–Trinajstić information content (AvgIpc) is 2.28. The first-order valence-electron chi connectivity index (χ1n) is 6.45. The van der Waals surface area contributed by atoms with Crippen LogP contribution in [0.2, 0.25) is 0 Å². The molecule has 0 atom stereocenters. The molecule has 4 nitrogen and oxygen atoms in total. The Kier molecular flexibility index (Phi) is 3.90. The summed E-state index contributed by atoms with van der Waals surface area (Å²) >= 11 is 0. The Morgan fingerprint density at radius 3 is 3.00 bits per heavy atom. The molecular formula is C14H20N4. The van der Waals surface area contributed by atoms with Gasteiger partial charge in [-0.25, -0.2) is 0 Å². The second-order valence-electron chi connectivity index (χ2n) is 5.84. The van der Waals surface area contributed by atoms with Crippen LogP contribution < -0.4 is 0 Å². The van der Waals surface area contributed by atoms with Gasteiger partial charge in [0, 0.05) is 23.7 Å². The van der Waals surface area contributed by atoms with Gasteiger partial charge >= 0.3 is 0 Å². The van der Waals surface area contributed by atoms with Crippen molar-refractivity contribution in [2.75, 3.05) is 13.1 Å². The lowest BCUT2D eigenvalue weighted by molar-refractivity contribution is 0.112. The molecule has 0 N–H and O–H groups in total. The fourth-order valence-corrected chi connectivity index (χ4v) is 2.71. The normalized spacial score (nSPS) is 19.2. The van der Waals surface area contributed by atoms with E-state index in [1.165, 1.54) is 18.4 Å². The summed E-state index contributed by atoms with van der Waals surface area (Å²) in [7, 11) is 0. The van der Waals surface area contributed by atoms with Crippen molar-refractivity contribution in [1.29, 1.82) is 0 Å². The van der Waals surface area contributed by atoms with Gasteiger partial charge in [0.05, 0.1) is 0 Å². The molecule has 1 heterocycles. The molecule has 0 unspecified atom stereocenters. The fraction of sp³-hybridized carbons (Fsp3) is 0.571. The molecule has 0 radical (unpaired) electrons. The molecule has 0 amide bonds. The van der Waals surface area contributed by atoms with E-state index < -0.39 is 0 Å². The molecule has 1 aromatic rings. The zero-order valence-electron chi connectivity index (χ0n) is 11.1. The highest BCUT2D eigenvalue weighted by atomic mass is 15.1. The molecule has 0 bridgehead atoms. The van der Waals surface area contributed by atoms with Crippen molar-refractivity contribution in [2.24, 2.45) is 10.5 Å². The van der Waals surface area contributed by atoms with Gasteiger partial charge in [0.2, 0.25) is 0 Å². The lowest BCUT2D eigenvalue weighted by atomic mass is 9.84. The second-order valence-corrected chi connectivity index (χ2v) is 5.84. The van der Waals surface area contributed by atoms with Crippen molar-refractivity contribution in [3.05, 3.63) is 40.3 Å². The average molecular weight is 244 g/mol. The first kappa shape index (κ1) is 12.9. The van der Waals surface area contributed by atoms with Gasteiger partial charge in [0.15, 0.2) is 0 Å². The fourth-order valence-electron chi connectivity index (χ4n) is 2.71. The SMILES string of the molecule is CC1(C)CCCN(Cc2cccc(N=[N+]=[N-])c2)C1. The molecule has 1 fully saturated rings. The molecule has 0 aromatic heterocycles. The minimum Gasteiger partial charge on any atom is -0.299 e. The molecule has 96 valence electrons. The summed E-state index contributed by atoms with van der Waals surface area (Å²) < 4.78 is 0. The number of azide groups is 1. The maximum atomic E-state index is 8.45. The van der Waals surface area contributed by atoms with Crippen LogP contribution >= 0.6 is 0 Å². The summed E-state index contributed by atoms with van der Waals surface area (Å²) in [6.07, 6.45) is 2.57. The molecule has 0 aliphatic carbocycles. The maximum absolute atomic E-state index is 8.45. The van der Waals surface area contributed by atoms with Crippen molar-refractivity contribution in [2.45, 2.75) is 33.2 Å². The summed E-state index contributed by atoms with van der Waals surface area (Å²) in [4.78, 5) is 5.31. The van der Waals surface area contributed by atoms with E-state index in [0.717, 1.165) is 19.6 Å². The smallest absolute Gasteiger partial charge is 0.0378 e. The van der Waals surface area contributed by atoms with Crippen LogP contribution in [-0.2, 0) is 6.54 Å². The van der Waals surface area contributed by atoms with E-state index in [-0.39, 0.29) is 0 Å². The van der Waals surface area contributed by atoms with E-state index in [4.69, 9.17) is 5.53 Å². The van der Waals surface area contributed by atoms with E-state index >= 15 is 0 Å². The summed E-state index contributed by atoms with van der Waals surface area (Å²) in [6.45, 7) is 7.90. The third-order valence-corrected chi connectivity index (χ3v) is 3.46. The predicted molar refractivity (Wildman–Crippen MR) is 73.5 cm³/mol. The molecule has 2 rings (SSSR count). The van der Waals surface area contributed by atoms with Gasteiger partial charge in [0.25, 0.3) is 0 Å². The van der Waals surface area contributed by atoms with Crippen LogP contribution in [0.5, 0.6) is 0 Å². The Labute approximate surface area is 108 Å². The molecule has 0 spiro atoms. The van der Waals surface area contributed by atoms with Crippen molar-refractivity contribution in [3.63, 3.8) is 0 Å². The lowest BCUT2D eigenvalue weighted by Crippen LogP contribution is -2.39. The summed E-state index contributed by atoms with van der Waals surface area (Å²) in [5.41, 5.74) is 10.8. The van der Waals surface area contributed by atoms with Gasteiger partial charge in [-0.15, -0.1) is 0 Å². The second kappa shape index (κ2) is 5.42. The van der Waals surface area contributed by atoms with Gasteiger partial charge in [-0.2, -0.15) is 0 Å². The Bertz CT molecular complexity index is 461. The first-order valence-corrected chi connectivity index (χ1v) is 6.45. The minimum atomic E-state index is 0.417. The molecule has 4 heteroatoms. The summed E-state index contributed by atoms with van der Waals surface area (Å²) in [5, 5.41) is 3.65. The third-order valence-electron chi connectivity index (χ3n) is 3.46. The van der Waals surface area contributed by atoms with Gasteiger partial charge < -0.3 is 0 Å². The third kappa shape index (κ3) is 3.49. The lowest BCUT2D eigenvalue weighted by Gasteiger charge is -2.38. The number of hydrogen-bond donors (Lipinski definition) is 0. The highest BCUT2D eigenvalue weighted by molar-refractivity contribution is 5.39. The van der Waals surface area contributed by atoms with E-state index in [1.54, 1.807) is 0 Å².